The van der Waals surface area contributed by atoms with Crippen molar-refractivity contribution in [2.45, 2.75) is 99.4 Å². The van der Waals surface area contributed by atoms with Gasteiger partial charge in [-0.3, -0.25) is 4.18 Å². The Kier molecular flexibility index (Phi) is 26.3. The molecule has 0 unspecified atom stereocenters. The number of aromatic amines is 2. The third kappa shape index (κ3) is 28.1. The van der Waals surface area contributed by atoms with Crippen LogP contribution in [0.4, 0.5) is 18.4 Å². The number of ether oxygens (including phenoxy) is 3. The third-order valence-electron chi connectivity index (χ3n) is 8.88. The molecule has 2 aromatic carbocycles. The Morgan fingerprint density at radius 3 is 1.33 bits per heavy atom. The quantitative estimate of drug-likeness (QED) is 0.100. The van der Waals surface area contributed by atoms with Crippen molar-refractivity contribution in [3.63, 3.8) is 0 Å². The lowest BCUT2D eigenvalue weighted by Gasteiger charge is -2.27. The van der Waals surface area contributed by atoms with Crippen LogP contribution in [-0.4, -0.2) is 156 Å². The van der Waals surface area contributed by atoms with E-state index in [2.05, 4.69) is 39.3 Å². The van der Waals surface area contributed by atoms with E-state index in [1.165, 1.54) is 66.5 Å². The highest BCUT2D eigenvalue weighted by molar-refractivity contribution is 7.99. The maximum Gasteiger partial charge on any atom is 0.410 e. The monoisotopic (exact) mass is 1040 g/mol. The zero-order valence-electron chi connectivity index (χ0n) is 41.9. The molecule has 0 bridgehead atoms. The van der Waals surface area contributed by atoms with Crippen LogP contribution in [0.3, 0.4) is 0 Å². The molecule has 24 heteroatoms. The molecular weight excluding hydrogens is 969 g/mol. The molecule has 0 atom stereocenters. The van der Waals surface area contributed by atoms with Crippen LogP contribution in [0.5, 0.6) is 0 Å². The fourth-order valence-corrected chi connectivity index (χ4v) is 8.20. The van der Waals surface area contributed by atoms with Crippen LogP contribution in [0.15, 0.2) is 48.8 Å². The minimum atomic E-state index is -3.87. The van der Waals surface area contributed by atoms with Crippen molar-refractivity contribution in [1.29, 1.82) is 0 Å². The van der Waals surface area contributed by atoms with Crippen LogP contribution in [0, 0.1) is 11.6 Å². The van der Waals surface area contributed by atoms with E-state index in [0.29, 0.717) is 34.5 Å². The summed E-state index contributed by atoms with van der Waals surface area (Å²) in [5.41, 5.74) is 1.30. The smallest absolute Gasteiger partial charge is 0.410 e. The largest absolute Gasteiger partial charge is 0.444 e. The van der Waals surface area contributed by atoms with Crippen molar-refractivity contribution >= 4 is 64.3 Å². The first kappa shape index (κ1) is 62.6. The molecule has 19 nitrogen and oxygen atoms in total. The molecule has 1 fully saturated rings. The number of hydrogen-bond acceptors (Lipinski definition) is 15. The molecule has 69 heavy (non-hydrogen) atoms. The van der Waals surface area contributed by atoms with Gasteiger partial charge in [-0.05, 0) is 122 Å². The predicted octanol–water partition coefficient (Wildman–Crippen LogP) is 7.12. The molecular formula is C45H73F2N5O14S3. The number of fused-ring (bicyclic) bond motifs is 2. The van der Waals surface area contributed by atoms with Gasteiger partial charge in [0.1, 0.15) is 22.8 Å². The summed E-state index contributed by atoms with van der Waals surface area (Å²) < 4.78 is 114. The summed E-state index contributed by atoms with van der Waals surface area (Å²) in [7, 11) is -11.4. The summed E-state index contributed by atoms with van der Waals surface area (Å²) in [6.07, 6.45) is 7.03. The number of aromatic nitrogens is 2. The van der Waals surface area contributed by atoms with E-state index in [1.54, 1.807) is 66.1 Å². The lowest BCUT2D eigenvalue weighted by atomic mass is 10.1. The molecule has 5 rings (SSSR count). The number of amides is 2. The van der Waals surface area contributed by atoms with Crippen molar-refractivity contribution < 1.29 is 70.8 Å². The molecule has 2 aromatic heterocycles. The van der Waals surface area contributed by atoms with Crippen LogP contribution in [-0.2, 0) is 65.5 Å². The zero-order chi connectivity index (χ0) is 52.8. The van der Waals surface area contributed by atoms with Crippen LogP contribution in [0.1, 0.15) is 86.3 Å². The van der Waals surface area contributed by atoms with E-state index in [-0.39, 0.29) is 45.2 Å². The van der Waals surface area contributed by atoms with Crippen LogP contribution >= 0.6 is 0 Å². The van der Waals surface area contributed by atoms with Gasteiger partial charge in [-0.15, -0.1) is 3.63 Å². The van der Waals surface area contributed by atoms with Crippen LogP contribution in [0.25, 0.3) is 21.8 Å². The van der Waals surface area contributed by atoms with Gasteiger partial charge in [-0.25, -0.2) is 18.4 Å². The van der Waals surface area contributed by atoms with Gasteiger partial charge < -0.3 is 44.0 Å². The number of carbonyl (C=O) groups excluding carboxylic acids is 2. The third-order valence-corrected chi connectivity index (χ3v) is 11.5. The number of aliphatic hydroxyl groups is 1. The van der Waals surface area contributed by atoms with Gasteiger partial charge in [0.15, 0.2) is 0 Å². The minimum Gasteiger partial charge on any atom is -0.444 e. The van der Waals surface area contributed by atoms with Crippen LogP contribution < -0.4 is 0 Å². The van der Waals surface area contributed by atoms with E-state index in [1.807, 2.05) is 0 Å². The average molecular weight is 1040 g/mol. The molecule has 1 aliphatic heterocycles. The topological polar surface area (TPSA) is 244 Å². The Bertz CT molecular complexity index is 2470. The molecule has 2 amide bonds. The Labute approximate surface area is 407 Å². The lowest BCUT2D eigenvalue weighted by Crippen LogP contribution is -2.38. The normalized spacial score (nSPS) is 12.9. The van der Waals surface area contributed by atoms with Gasteiger partial charge >= 0.3 is 12.2 Å². The van der Waals surface area contributed by atoms with E-state index in [0.717, 1.165) is 30.4 Å². The van der Waals surface area contributed by atoms with Gasteiger partial charge in [-0.2, -0.15) is 25.3 Å². The second kappa shape index (κ2) is 29.0. The summed E-state index contributed by atoms with van der Waals surface area (Å²) >= 11 is 0. The van der Waals surface area contributed by atoms with Crippen molar-refractivity contribution in [2.24, 2.45) is 0 Å². The molecule has 394 valence electrons. The Hall–Kier alpha value is -4.43. The molecule has 3 N–H and O–H groups in total. The molecule has 1 aliphatic rings. The number of rotatable bonds is 15. The fourth-order valence-electron chi connectivity index (χ4n) is 6.03. The van der Waals surface area contributed by atoms with Crippen molar-refractivity contribution in [1.82, 2.24) is 24.7 Å². The van der Waals surface area contributed by atoms with Gasteiger partial charge in [0.2, 0.25) is 0 Å². The van der Waals surface area contributed by atoms with Crippen molar-refractivity contribution in [2.75, 3.05) is 77.9 Å². The summed E-state index contributed by atoms with van der Waals surface area (Å²) in [4.78, 5) is 35.8. The number of aliphatic hydroxyl groups excluding tert-OH is 1. The number of nitrogens with zero attached hydrogens (tertiary/aromatic N) is 3. The average Bonchev–Trinajstić information content (AvgIpc) is 4.00. The maximum absolute atomic E-state index is 13.9. The lowest BCUT2D eigenvalue weighted by molar-refractivity contribution is 0.0197. The highest BCUT2D eigenvalue weighted by Crippen LogP contribution is 2.23. The first-order chi connectivity index (χ1) is 31.8. The summed E-state index contributed by atoms with van der Waals surface area (Å²) in [5, 5.41) is 10.6. The summed E-state index contributed by atoms with van der Waals surface area (Å²) in [6, 6.07) is 9.03. The molecule has 0 aliphatic carbocycles. The van der Waals surface area contributed by atoms with Gasteiger partial charge in [0.25, 0.3) is 30.4 Å². The number of nitrogens with one attached hydrogen (secondary N) is 2. The number of benzene rings is 2. The van der Waals surface area contributed by atoms with Crippen molar-refractivity contribution in [3.05, 3.63) is 71.6 Å². The summed E-state index contributed by atoms with van der Waals surface area (Å²) in [5.74, 6) is -0.793. The van der Waals surface area contributed by atoms with E-state index < -0.39 is 59.6 Å². The molecule has 1 saturated heterocycles. The second-order valence-electron chi connectivity index (χ2n) is 17.5. The van der Waals surface area contributed by atoms with E-state index >= 15 is 0 Å². The Balaban J connectivity index is 0.000000492. The molecule has 4 aromatic rings. The number of H-pyrrole nitrogens is 2. The van der Waals surface area contributed by atoms with Gasteiger partial charge in [-0.1, -0.05) is 20.8 Å². The van der Waals surface area contributed by atoms with Gasteiger partial charge in [0, 0.05) is 49.5 Å². The maximum atomic E-state index is 13.9. The molecule has 0 radical (unpaired) electrons. The Morgan fingerprint density at radius 1 is 0.667 bits per heavy atom. The van der Waals surface area contributed by atoms with E-state index in [4.69, 9.17) is 23.5 Å². The molecule has 0 spiro atoms. The Morgan fingerprint density at radius 2 is 1.06 bits per heavy atom. The highest BCUT2D eigenvalue weighted by atomic mass is 32.3. The zero-order valence-corrected chi connectivity index (χ0v) is 44.3. The van der Waals surface area contributed by atoms with Crippen LogP contribution in [0.2, 0.25) is 0 Å². The SMILES string of the molecule is C1CCOC1.CC(C)(C)OC(=O)N(CCO)Cc1cc(F)cc2cc[nH]c12.CC(C)(C)OC(=O)N(CCOS(C)(=O)=O)Cc1cc(F)cc2cc[nH]c12.CCN(CC)CC.CS(=O)(=O)OS(C)(=O)=O. The highest BCUT2D eigenvalue weighted by Gasteiger charge is 2.25. The van der Waals surface area contributed by atoms with E-state index in [9.17, 15) is 43.6 Å². The standard InChI is InChI=1S/C17H23FN2O5S.C16H21FN2O3.C6H15N.C4H8O.C2H6O5S2/c1-17(2,3)25-16(21)20(7-8-24-26(4,22)23)11-13-10-14(18)9-12-5-6-19-15(12)13;1-16(2,3)22-15(21)19(6-7-20)10-12-9-13(17)8-11-4-5-18-14(11)12;1-4-7(5-2)6-3;1-2-4-5-3-1;1-8(3,4)7-9(2,5)6/h5-6,9-10,19H,7-8,11H2,1-4H3;4-5,8-9,18,20H,6-7,10H2,1-3H3;4-6H2,1-3H3;1-4H2;1-2H3. The molecule has 0 saturated carbocycles. The molecule has 3 heterocycles. The number of carbonyl (C=O) groups is 2. The van der Waals surface area contributed by atoms with Gasteiger partial charge in [0.05, 0.1) is 56.1 Å². The second-order valence-corrected chi connectivity index (χ2v) is 22.5. The first-order valence-electron chi connectivity index (χ1n) is 22.1. The first-order valence-corrected chi connectivity index (χ1v) is 27.6. The summed E-state index contributed by atoms with van der Waals surface area (Å²) in [6.45, 7) is 22.5. The fraction of sp³-hybridized carbons (Fsp3) is 0.600. The van der Waals surface area contributed by atoms with Crippen molar-refractivity contribution in [3.8, 4) is 0 Å². The number of hydrogen-bond donors (Lipinski definition) is 3. The number of halogens is 2. The predicted molar refractivity (Wildman–Crippen MR) is 262 cm³/mol. The minimum absolute atomic E-state index is 0.0271.